The zero-order valence-electron chi connectivity index (χ0n) is 15.6. The van der Waals surface area contributed by atoms with E-state index in [1.807, 2.05) is 31.2 Å². The number of likely N-dealkylation sites (tertiary alicyclic amines) is 1. The first-order valence-corrected chi connectivity index (χ1v) is 8.90. The van der Waals surface area contributed by atoms with E-state index in [2.05, 4.69) is 17.0 Å². The zero-order chi connectivity index (χ0) is 18.7. The second-order valence-electron chi connectivity index (χ2n) is 6.92. The van der Waals surface area contributed by atoms with Crippen LogP contribution in [0.3, 0.4) is 0 Å². The molecule has 140 valence electrons. The highest BCUT2D eigenvalue weighted by atomic mass is 16.5. The van der Waals surface area contributed by atoms with E-state index in [4.69, 9.17) is 9.47 Å². The molecule has 2 unspecified atom stereocenters. The predicted octanol–water partition coefficient (Wildman–Crippen LogP) is 2.93. The highest BCUT2D eigenvalue weighted by Gasteiger charge is 2.38. The number of hydrogen-bond acceptors (Lipinski definition) is 5. The van der Waals surface area contributed by atoms with Gasteiger partial charge in [-0.1, -0.05) is 30.3 Å². The topological polar surface area (TPSA) is 62.2 Å². The van der Waals surface area contributed by atoms with Gasteiger partial charge in [0.1, 0.15) is 5.75 Å². The normalized spacial score (nSPS) is 20.3. The summed E-state index contributed by atoms with van der Waals surface area (Å²) in [6, 6.07) is 12.1. The van der Waals surface area contributed by atoms with Gasteiger partial charge in [0.05, 0.1) is 14.2 Å². The van der Waals surface area contributed by atoms with E-state index in [9.17, 15) is 10.2 Å². The van der Waals surface area contributed by atoms with Gasteiger partial charge in [-0.15, -0.1) is 0 Å². The van der Waals surface area contributed by atoms with Gasteiger partial charge < -0.3 is 19.7 Å². The quantitative estimate of drug-likeness (QED) is 0.832. The number of aliphatic hydroxyl groups excluding tert-OH is 1. The van der Waals surface area contributed by atoms with Crippen molar-refractivity contribution in [2.45, 2.75) is 19.4 Å². The SMILES string of the molecule is COc1cc(C)c(O)c(OC)c1C1CN(Cc2ccccc2)CC1CO. The summed E-state index contributed by atoms with van der Waals surface area (Å²) in [4.78, 5) is 2.33. The molecule has 2 aromatic carbocycles. The van der Waals surface area contributed by atoms with Crippen molar-refractivity contribution < 1.29 is 19.7 Å². The van der Waals surface area contributed by atoms with Crippen molar-refractivity contribution >= 4 is 0 Å². The van der Waals surface area contributed by atoms with E-state index >= 15 is 0 Å². The maximum Gasteiger partial charge on any atom is 0.167 e. The molecule has 0 saturated carbocycles. The number of hydrogen-bond donors (Lipinski definition) is 2. The number of nitrogens with zero attached hydrogens (tertiary/aromatic N) is 1. The Morgan fingerprint density at radius 3 is 2.46 bits per heavy atom. The fraction of sp³-hybridized carbons (Fsp3) is 0.429. The lowest BCUT2D eigenvalue weighted by Crippen LogP contribution is -2.20. The van der Waals surface area contributed by atoms with Gasteiger partial charge in [-0.25, -0.2) is 0 Å². The Morgan fingerprint density at radius 2 is 1.85 bits per heavy atom. The van der Waals surface area contributed by atoms with E-state index in [1.54, 1.807) is 14.2 Å². The minimum Gasteiger partial charge on any atom is -0.504 e. The summed E-state index contributed by atoms with van der Waals surface area (Å²) >= 11 is 0. The van der Waals surface area contributed by atoms with Crippen LogP contribution in [-0.4, -0.2) is 49.0 Å². The van der Waals surface area contributed by atoms with Gasteiger partial charge in [-0.2, -0.15) is 0 Å². The molecule has 0 bridgehead atoms. The molecular weight excluding hydrogens is 330 g/mol. The largest absolute Gasteiger partial charge is 0.504 e. The third-order valence-corrected chi connectivity index (χ3v) is 5.24. The molecule has 1 aliphatic rings. The zero-order valence-corrected chi connectivity index (χ0v) is 15.6. The number of aromatic hydroxyl groups is 1. The number of aliphatic hydroxyl groups is 1. The van der Waals surface area contributed by atoms with Gasteiger partial charge in [0.2, 0.25) is 0 Å². The van der Waals surface area contributed by atoms with Crippen molar-refractivity contribution in [3.05, 3.63) is 53.1 Å². The molecule has 3 rings (SSSR count). The number of methoxy groups -OCH3 is 2. The first-order chi connectivity index (χ1) is 12.6. The molecule has 26 heavy (non-hydrogen) atoms. The number of phenols is 1. The van der Waals surface area contributed by atoms with Crippen LogP contribution in [0.2, 0.25) is 0 Å². The van der Waals surface area contributed by atoms with Crippen LogP contribution in [0.4, 0.5) is 0 Å². The summed E-state index contributed by atoms with van der Waals surface area (Å²) in [5.41, 5.74) is 2.80. The molecule has 0 aromatic heterocycles. The summed E-state index contributed by atoms with van der Waals surface area (Å²) < 4.78 is 11.1. The van der Waals surface area contributed by atoms with E-state index in [0.29, 0.717) is 17.1 Å². The Kier molecular flexibility index (Phi) is 5.69. The Labute approximate surface area is 154 Å². The Balaban J connectivity index is 1.94. The van der Waals surface area contributed by atoms with Gasteiger partial charge in [-0.3, -0.25) is 4.90 Å². The van der Waals surface area contributed by atoms with Gasteiger partial charge in [0, 0.05) is 43.6 Å². The maximum atomic E-state index is 10.5. The molecule has 2 N–H and O–H groups in total. The van der Waals surface area contributed by atoms with E-state index in [0.717, 1.165) is 25.2 Å². The van der Waals surface area contributed by atoms with E-state index in [1.165, 1.54) is 5.56 Å². The molecule has 2 aromatic rings. The van der Waals surface area contributed by atoms with Crippen LogP contribution in [0.25, 0.3) is 0 Å². The average molecular weight is 357 g/mol. The van der Waals surface area contributed by atoms with Crippen LogP contribution >= 0.6 is 0 Å². The van der Waals surface area contributed by atoms with Crippen LogP contribution < -0.4 is 9.47 Å². The molecule has 1 aliphatic heterocycles. The average Bonchev–Trinajstić information content (AvgIpc) is 3.06. The molecular formula is C21H27NO4. The summed E-state index contributed by atoms with van der Waals surface area (Å²) in [5, 5.41) is 20.4. The number of benzene rings is 2. The Morgan fingerprint density at radius 1 is 1.12 bits per heavy atom. The number of ether oxygens (including phenoxy) is 2. The molecule has 1 heterocycles. The van der Waals surface area contributed by atoms with Crippen LogP contribution in [0.1, 0.15) is 22.6 Å². The minimum atomic E-state index is 0.0279. The molecule has 2 atom stereocenters. The second kappa shape index (κ2) is 7.98. The van der Waals surface area contributed by atoms with Crippen LogP contribution in [0.15, 0.2) is 36.4 Å². The summed E-state index contributed by atoms with van der Waals surface area (Å²) in [6.07, 6.45) is 0. The fourth-order valence-corrected chi connectivity index (χ4v) is 3.93. The van der Waals surface area contributed by atoms with Crippen LogP contribution in [-0.2, 0) is 6.54 Å². The molecule has 0 radical (unpaired) electrons. The fourth-order valence-electron chi connectivity index (χ4n) is 3.93. The van der Waals surface area contributed by atoms with Gasteiger partial charge in [-0.05, 0) is 24.1 Å². The first-order valence-electron chi connectivity index (χ1n) is 8.90. The summed E-state index contributed by atoms with van der Waals surface area (Å²) in [7, 11) is 3.18. The Bertz CT molecular complexity index is 747. The van der Waals surface area contributed by atoms with Crippen molar-refractivity contribution in [1.82, 2.24) is 4.90 Å². The third-order valence-electron chi connectivity index (χ3n) is 5.24. The van der Waals surface area contributed by atoms with E-state index < -0.39 is 0 Å². The lowest BCUT2D eigenvalue weighted by atomic mass is 9.87. The lowest BCUT2D eigenvalue weighted by Gasteiger charge is -2.23. The van der Waals surface area contributed by atoms with Crippen molar-refractivity contribution in [3.63, 3.8) is 0 Å². The maximum absolute atomic E-state index is 10.5. The molecule has 5 heteroatoms. The molecule has 1 fully saturated rings. The standard InChI is InChI=1S/C21H27NO4/c1-14-9-18(25-2)19(21(26-3)20(14)24)17-12-22(11-16(17)13-23)10-15-7-5-4-6-8-15/h4-9,16-17,23-24H,10-13H2,1-3H3. The summed E-state index contributed by atoms with van der Waals surface area (Å²) in [5.74, 6) is 1.37. The number of rotatable bonds is 6. The molecule has 0 spiro atoms. The number of aryl methyl sites for hydroxylation is 1. The minimum absolute atomic E-state index is 0.0279. The van der Waals surface area contributed by atoms with Gasteiger partial charge >= 0.3 is 0 Å². The smallest absolute Gasteiger partial charge is 0.167 e. The first kappa shape index (κ1) is 18.5. The predicted molar refractivity (Wildman–Crippen MR) is 101 cm³/mol. The molecule has 5 nitrogen and oxygen atoms in total. The molecule has 0 aliphatic carbocycles. The van der Waals surface area contributed by atoms with Crippen molar-refractivity contribution in [2.75, 3.05) is 33.9 Å². The Hall–Kier alpha value is -2.24. The highest BCUT2D eigenvalue weighted by molar-refractivity contribution is 5.59. The third kappa shape index (κ3) is 3.50. The van der Waals surface area contributed by atoms with Crippen LogP contribution in [0.5, 0.6) is 17.2 Å². The highest BCUT2D eigenvalue weighted by Crippen LogP contribution is 2.48. The van der Waals surface area contributed by atoms with Crippen LogP contribution in [0, 0.1) is 12.8 Å². The molecule has 1 saturated heterocycles. The van der Waals surface area contributed by atoms with Gasteiger partial charge in [0.15, 0.2) is 11.5 Å². The summed E-state index contributed by atoms with van der Waals surface area (Å²) in [6.45, 7) is 4.30. The van der Waals surface area contributed by atoms with Crippen molar-refractivity contribution in [1.29, 1.82) is 0 Å². The van der Waals surface area contributed by atoms with Crippen molar-refractivity contribution in [3.8, 4) is 17.2 Å². The second-order valence-corrected chi connectivity index (χ2v) is 6.92. The van der Waals surface area contributed by atoms with E-state index in [-0.39, 0.29) is 24.2 Å². The monoisotopic (exact) mass is 357 g/mol. The van der Waals surface area contributed by atoms with Crippen molar-refractivity contribution in [2.24, 2.45) is 5.92 Å². The number of phenolic OH excluding ortho intramolecular Hbond substituents is 1. The molecule has 0 amide bonds. The lowest BCUT2D eigenvalue weighted by molar-refractivity contribution is 0.212. The van der Waals surface area contributed by atoms with Gasteiger partial charge in [0.25, 0.3) is 0 Å².